The summed E-state index contributed by atoms with van der Waals surface area (Å²) >= 11 is 2.83. The molecule has 9 heteroatoms. The van der Waals surface area contributed by atoms with E-state index in [1.165, 1.54) is 22.7 Å². The molecule has 0 saturated carbocycles. The van der Waals surface area contributed by atoms with Gasteiger partial charge >= 0.3 is 6.09 Å². The molecule has 3 aromatic rings. The number of aliphatic hydroxyl groups excluding tert-OH is 1. The second-order valence-electron chi connectivity index (χ2n) is 8.39. The Balaban J connectivity index is 1.52. The Hall–Kier alpha value is -2.62. The lowest BCUT2D eigenvalue weighted by Crippen LogP contribution is -2.42. The molecule has 2 atom stereocenters. The molecule has 0 spiro atoms. The molecular weight excluding hydrogens is 458 g/mol. The number of ether oxygens (including phenoxy) is 1. The van der Waals surface area contributed by atoms with Crippen molar-refractivity contribution in [2.75, 3.05) is 6.54 Å². The van der Waals surface area contributed by atoms with Crippen molar-refractivity contribution in [3.63, 3.8) is 0 Å². The number of likely N-dealkylation sites (tertiary alicyclic amines) is 1. The van der Waals surface area contributed by atoms with E-state index >= 15 is 0 Å². The van der Waals surface area contributed by atoms with Crippen LogP contribution in [0, 0.1) is 6.92 Å². The zero-order chi connectivity index (χ0) is 23.5. The third-order valence-corrected chi connectivity index (χ3v) is 7.61. The Labute approximate surface area is 201 Å². The summed E-state index contributed by atoms with van der Waals surface area (Å²) in [5, 5.41) is 12.6. The van der Waals surface area contributed by atoms with Crippen molar-refractivity contribution in [1.29, 1.82) is 0 Å². The molecule has 0 unspecified atom stereocenters. The molecule has 0 aliphatic carbocycles. The largest absolute Gasteiger partial charge is 0.447 e. The quantitative estimate of drug-likeness (QED) is 0.527. The van der Waals surface area contributed by atoms with Gasteiger partial charge in [0.2, 0.25) is 0 Å². The number of nitrogens with zero attached hydrogens (tertiary/aromatic N) is 3. The summed E-state index contributed by atoms with van der Waals surface area (Å²) < 4.78 is 5.43. The highest BCUT2D eigenvalue weighted by atomic mass is 32.1. The molecule has 0 bridgehead atoms. The smallest absolute Gasteiger partial charge is 0.410 e. The minimum atomic E-state index is -0.542. The van der Waals surface area contributed by atoms with Gasteiger partial charge in [-0.3, -0.25) is 9.69 Å². The third kappa shape index (κ3) is 5.31. The molecule has 4 rings (SSSR count). The Morgan fingerprint density at radius 3 is 2.64 bits per heavy atom. The molecule has 1 aliphatic rings. The Bertz CT molecular complexity index is 1130. The number of aliphatic hydroxyl groups is 1. The minimum absolute atomic E-state index is 0.0351. The van der Waals surface area contributed by atoms with Crippen LogP contribution in [0.2, 0.25) is 0 Å². The van der Waals surface area contributed by atoms with Crippen LogP contribution in [0.1, 0.15) is 47.5 Å². The Kier molecular flexibility index (Phi) is 7.21. The molecule has 1 N–H and O–H groups in total. The molecule has 33 heavy (non-hydrogen) atoms. The van der Waals surface area contributed by atoms with Crippen LogP contribution in [0.15, 0.2) is 35.7 Å². The second-order valence-corrected chi connectivity index (χ2v) is 10.4. The van der Waals surface area contributed by atoms with Gasteiger partial charge in [-0.2, -0.15) is 0 Å². The Morgan fingerprint density at radius 1 is 1.21 bits per heavy atom. The Morgan fingerprint density at radius 2 is 1.97 bits per heavy atom. The molecule has 1 amide bonds. The summed E-state index contributed by atoms with van der Waals surface area (Å²) in [6.07, 6.45) is 0.0326. The number of carbonyl (C=O) groups is 2. The van der Waals surface area contributed by atoms with Gasteiger partial charge in [0.05, 0.1) is 41.4 Å². The molecule has 3 heterocycles. The van der Waals surface area contributed by atoms with E-state index in [9.17, 15) is 14.7 Å². The van der Waals surface area contributed by atoms with Crippen LogP contribution in [0.25, 0.3) is 10.6 Å². The fourth-order valence-corrected chi connectivity index (χ4v) is 5.85. The topological polar surface area (TPSA) is 92.6 Å². The van der Waals surface area contributed by atoms with Gasteiger partial charge in [-0.15, -0.1) is 22.7 Å². The normalized spacial score (nSPS) is 18.2. The molecule has 1 aromatic carbocycles. The average Bonchev–Trinajstić information content (AvgIpc) is 3.52. The van der Waals surface area contributed by atoms with Crippen LogP contribution in [-0.4, -0.2) is 50.5 Å². The maximum absolute atomic E-state index is 13.3. The van der Waals surface area contributed by atoms with Crippen LogP contribution in [0.3, 0.4) is 0 Å². The van der Waals surface area contributed by atoms with E-state index in [1.54, 1.807) is 18.7 Å². The maximum atomic E-state index is 13.3. The van der Waals surface area contributed by atoms with Crippen LogP contribution in [-0.2, 0) is 22.6 Å². The van der Waals surface area contributed by atoms with Crippen molar-refractivity contribution in [3.8, 4) is 10.6 Å². The second kappa shape index (κ2) is 10.1. The number of carbonyl (C=O) groups excluding carboxylic acids is 2. The van der Waals surface area contributed by atoms with Crippen LogP contribution in [0.5, 0.6) is 0 Å². The highest BCUT2D eigenvalue weighted by Gasteiger charge is 2.41. The third-order valence-electron chi connectivity index (χ3n) is 5.60. The molecule has 1 saturated heterocycles. The first-order chi connectivity index (χ1) is 15.9. The number of benzene rings is 1. The number of thiazole rings is 2. The SMILES string of the molecule is Cc1nc(CO)sc1-c1csc(CC(=O)[C@@H]2C[C@@H](c3ccccc3)CN2C(=O)OC(C)C)n1. The zero-order valence-corrected chi connectivity index (χ0v) is 20.5. The van der Waals surface area contributed by atoms with Gasteiger partial charge in [0, 0.05) is 17.8 Å². The molecular formula is C24H27N3O4S2. The summed E-state index contributed by atoms with van der Waals surface area (Å²) in [6, 6.07) is 9.44. The fourth-order valence-electron chi connectivity index (χ4n) is 4.10. The van der Waals surface area contributed by atoms with Crippen LogP contribution >= 0.6 is 22.7 Å². The molecule has 174 valence electrons. The number of hydrogen-bond donors (Lipinski definition) is 1. The van der Waals surface area contributed by atoms with Crippen molar-refractivity contribution < 1.29 is 19.4 Å². The number of Topliss-reactive ketones (excluding diaryl/α,β-unsaturated/α-hetero) is 1. The first-order valence-corrected chi connectivity index (χ1v) is 12.6. The lowest BCUT2D eigenvalue weighted by Gasteiger charge is -2.24. The summed E-state index contributed by atoms with van der Waals surface area (Å²) in [5.41, 5.74) is 2.70. The van der Waals surface area contributed by atoms with Gasteiger partial charge < -0.3 is 9.84 Å². The highest BCUT2D eigenvalue weighted by molar-refractivity contribution is 7.16. The minimum Gasteiger partial charge on any atom is -0.447 e. The van der Waals surface area contributed by atoms with Gasteiger partial charge in [-0.1, -0.05) is 30.3 Å². The van der Waals surface area contributed by atoms with Crippen molar-refractivity contribution in [2.24, 2.45) is 0 Å². The summed E-state index contributed by atoms with van der Waals surface area (Å²) in [7, 11) is 0. The van der Waals surface area contributed by atoms with Gasteiger partial charge in [0.25, 0.3) is 0 Å². The van der Waals surface area contributed by atoms with Crippen LogP contribution in [0.4, 0.5) is 4.79 Å². The van der Waals surface area contributed by atoms with Crippen molar-refractivity contribution in [1.82, 2.24) is 14.9 Å². The fraction of sp³-hybridized carbons (Fsp3) is 0.417. The van der Waals surface area contributed by atoms with Crippen molar-refractivity contribution >= 4 is 34.6 Å². The predicted octanol–water partition coefficient (Wildman–Crippen LogP) is 4.58. The molecule has 1 aliphatic heterocycles. The van der Waals surface area contributed by atoms with Crippen molar-refractivity contribution in [3.05, 3.63) is 57.0 Å². The lowest BCUT2D eigenvalue weighted by atomic mass is 9.95. The first kappa shape index (κ1) is 23.5. The van der Waals surface area contributed by atoms with Gasteiger partial charge in [0.15, 0.2) is 5.78 Å². The van der Waals surface area contributed by atoms with E-state index in [-0.39, 0.29) is 30.8 Å². The number of ketones is 1. The summed E-state index contributed by atoms with van der Waals surface area (Å²) in [6.45, 7) is 5.85. The van der Waals surface area contributed by atoms with Crippen LogP contribution < -0.4 is 0 Å². The monoisotopic (exact) mass is 485 g/mol. The number of rotatable bonds is 7. The van der Waals surface area contributed by atoms with Gasteiger partial charge in [0.1, 0.15) is 10.0 Å². The maximum Gasteiger partial charge on any atom is 0.410 e. The molecule has 0 radical (unpaired) electrons. The van der Waals surface area contributed by atoms with E-state index in [0.717, 1.165) is 21.8 Å². The molecule has 2 aromatic heterocycles. The highest BCUT2D eigenvalue weighted by Crippen LogP contribution is 2.35. The number of hydrogen-bond acceptors (Lipinski definition) is 8. The molecule has 7 nitrogen and oxygen atoms in total. The van der Waals surface area contributed by atoms with E-state index in [4.69, 9.17) is 4.74 Å². The summed E-state index contributed by atoms with van der Waals surface area (Å²) in [5.74, 6) is 0.0515. The van der Waals surface area contributed by atoms with Gasteiger partial charge in [-0.25, -0.2) is 14.8 Å². The number of amides is 1. The van der Waals surface area contributed by atoms with Crippen molar-refractivity contribution in [2.45, 2.75) is 58.3 Å². The van der Waals surface area contributed by atoms with E-state index in [2.05, 4.69) is 9.97 Å². The summed E-state index contributed by atoms with van der Waals surface area (Å²) in [4.78, 5) is 37.6. The average molecular weight is 486 g/mol. The van der Waals surface area contributed by atoms with E-state index in [1.807, 2.05) is 42.6 Å². The predicted molar refractivity (Wildman–Crippen MR) is 129 cm³/mol. The van der Waals surface area contributed by atoms with E-state index in [0.29, 0.717) is 23.0 Å². The number of aromatic nitrogens is 2. The van der Waals surface area contributed by atoms with E-state index < -0.39 is 12.1 Å². The zero-order valence-electron chi connectivity index (χ0n) is 18.9. The number of aryl methyl sites for hydroxylation is 1. The standard InChI is InChI=1S/C24H27N3O4S2/c1-14(2)31-24(30)27-11-17(16-7-5-4-6-8-16)9-19(27)20(29)10-21-26-18(13-32-21)23-15(3)25-22(12-28)33-23/h4-8,13-14,17,19,28H,9-12H2,1-3H3/t17-,19+/m1/s1. The lowest BCUT2D eigenvalue weighted by molar-refractivity contribution is -0.122. The van der Waals surface area contributed by atoms with Gasteiger partial charge in [-0.05, 0) is 32.8 Å². The molecule has 1 fully saturated rings. The first-order valence-electron chi connectivity index (χ1n) is 10.9.